The van der Waals surface area contributed by atoms with E-state index < -0.39 is 0 Å². The van der Waals surface area contributed by atoms with Crippen molar-refractivity contribution in [2.45, 2.75) is 38.5 Å². The minimum absolute atomic E-state index is 0.0580. The Morgan fingerprint density at radius 3 is 2.79 bits per heavy atom. The fourth-order valence-corrected chi connectivity index (χ4v) is 3.02. The molecule has 0 spiro atoms. The molecule has 0 unspecified atom stereocenters. The van der Waals surface area contributed by atoms with E-state index in [4.69, 9.17) is 9.15 Å². The number of ether oxygens (including phenoxy) is 1. The van der Waals surface area contributed by atoms with E-state index in [1.165, 1.54) is 6.42 Å². The van der Waals surface area contributed by atoms with Crippen LogP contribution >= 0.6 is 0 Å². The van der Waals surface area contributed by atoms with Gasteiger partial charge < -0.3 is 14.5 Å². The Morgan fingerprint density at radius 2 is 2.04 bits per heavy atom. The second-order valence-electron chi connectivity index (χ2n) is 6.54. The van der Waals surface area contributed by atoms with E-state index in [2.05, 4.69) is 18.3 Å². The number of furan rings is 1. The lowest BCUT2D eigenvalue weighted by Crippen LogP contribution is -2.25. The first-order valence-corrected chi connectivity index (χ1v) is 8.64. The van der Waals surface area contributed by atoms with Crippen molar-refractivity contribution in [3.05, 3.63) is 53.5 Å². The summed E-state index contributed by atoms with van der Waals surface area (Å²) in [4.78, 5) is 12.0. The maximum absolute atomic E-state index is 12.0. The molecule has 0 saturated heterocycles. The molecular weight excluding hydrogens is 302 g/mol. The van der Waals surface area contributed by atoms with Crippen LogP contribution in [0, 0.1) is 5.92 Å². The number of carbonyl (C=O) groups excluding carboxylic acids is 1. The van der Waals surface area contributed by atoms with Gasteiger partial charge in [0.05, 0.1) is 7.11 Å². The number of para-hydroxylation sites is 1. The lowest BCUT2D eigenvalue weighted by molar-refractivity contribution is -0.121. The van der Waals surface area contributed by atoms with Crippen LogP contribution in [-0.2, 0) is 17.6 Å². The Kier molecular flexibility index (Phi) is 5.24. The molecular formula is C20H25NO3. The van der Waals surface area contributed by atoms with E-state index in [1.54, 1.807) is 7.11 Å². The number of rotatable bonds is 8. The van der Waals surface area contributed by atoms with Gasteiger partial charge in [-0.05, 0) is 42.5 Å². The van der Waals surface area contributed by atoms with Crippen LogP contribution in [-0.4, -0.2) is 19.6 Å². The van der Waals surface area contributed by atoms with Crippen molar-refractivity contribution in [1.82, 2.24) is 5.32 Å². The maximum Gasteiger partial charge on any atom is 0.220 e. The molecule has 0 radical (unpaired) electrons. The van der Waals surface area contributed by atoms with Gasteiger partial charge in [-0.3, -0.25) is 4.79 Å². The summed E-state index contributed by atoms with van der Waals surface area (Å²) in [6.07, 6.45) is 3.09. The van der Waals surface area contributed by atoms with Gasteiger partial charge in [-0.2, -0.15) is 0 Å². The lowest BCUT2D eigenvalue weighted by Gasteiger charge is -2.09. The number of aryl methyl sites for hydroxylation is 1. The highest BCUT2D eigenvalue weighted by molar-refractivity contribution is 5.76. The number of nitrogens with one attached hydrogen (secondary N) is 1. The minimum atomic E-state index is 0.0580. The van der Waals surface area contributed by atoms with Gasteiger partial charge in [-0.15, -0.1) is 0 Å². The summed E-state index contributed by atoms with van der Waals surface area (Å²) in [5.74, 6) is 4.24. The van der Waals surface area contributed by atoms with Gasteiger partial charge in [-0.1, -0.05) is 25.1 Å². The first-order chi connectivity index (χ1) is 11.7. The van der Waals surface area contributed by atoms with Crippen molar-refractivity contribution in [3.63, 3.8) is 0 Å². The second kappa shape index (κ2) is 7.56. The Hall–Kier alpha value is -2.23. The smallest absolute Gasteiger partial charge is 0.220 e. The van der Waals surface area contributed by atoms with Crippen LogP contribution in [0.1, 0.15) is 42.8 Å². The van der Waals surface area contributed by atoms with E-state index in [-0.39, 0.29) is 5.91 Å². The van der Waals surface area contributed by atoms with Crippen LogP contribution < -0.4 is 10.1 Å². The first kappa shape index (κ1) is 16.6. The van der Waals surface area contributed by atoms with Crippen molar-refractivity contribution < 1.29 is 13.9 Å². The Labute approximate surface area is 143 Å². The molecule has 2 aromatic rings. The highest BCUT2D eigenvalue weighted by Crippen LogP contribution is 2.47. The molecule has 24 heavy (non-hydrogen) atoms. The molecule has 1 fully saturated rings. The van der Waals surface area contributed by atoms with Gasteiger partial charge in [0, 0.05) is 25.3 Å². The number of hydrogen-bond donors (Lipinski definition) is 1. The normalized spacial score (nSPS) is 19.1. The van der Waals surface area contributed by atoms with Crippen LogP contribution in [0.15, 0.2) is 40.8 Å². The molecule has 128 valence electrons. The summed E-state index contributed by atoms with van der Waals surface area (Å²) < 4.78 is 11.2. The molecule has 4 nitrogen and oxygen atoms in total. The molecule has 1 aliphatic carbocycles. The van der Waals surface area contributed by atoms with Crippen molar-refractivity contribution in [3.8, 4) is 5.75 Å². The van der Waals surface area contributed by atoms with Crippen LogP contribution in [0.4, 0.5) is 0 Å². The van der Waals surface area contributed by atoms with Crippen LogP contribution in [0.3, 0.4) is 0 Å². The van der Waals surface area contributed by atoms with Gasteiger partial charge in [-0.25, -0.2) is 0 Å². The topological polar surface area (TPSA) is 51.5 Å². The summed E-state index contributed by atoms with van der Waals surface area (Å²) >= 11 is 0. The fourth-order valence-electron chi connectivity index (χ4n) is 3.02. The average molecular weight is 327 g/mol. The monoisotopic (exact) mass is 327 g/mol. The van der Waals surface area contributed by atoms with Gasteiger partial charge in [0.25, 0.3) is 0 Å². The molecule has 1 aromatic heterocycles. The summed E-state index contributed by atoms with van der Waals surface area (Å²) in [5, 5.41) is 2.97. The zero-order chi connectivity index (χ0) is 16.9. The van der Waals surface area contributed by atoms with E-state index in [0.717, 1.165) is 35.2 Å². The summed E-state index contributed by atoms with van der Waals surface area (Å²) in [6.45, 7) is 2.85. The first-order valence-electron chi connectivity index (χ1n) is 8.64. The van der Waals surface area contributed by atoms with Gasteiger partial charge in [0.2, 0.25) is 5.91 Å². The van der Waals surface area contributed by atoms with Crippen LogP contribution in [0.2, 0.25) is 0 Å². The van der Waals surface area contributed by atoms with Crippen LogP contribution in [0.5, 0.6) is 5.75 Å². The number of amides is 1. The Morgan fingerprint density at radius 1 is 1.25 bits per heavy atom. The van der Waals surface area contributed by atoms with Gasteiger partial charge in [0.1, 0.15) is 17.3 Å². The molecule has 3 rings (SSSR count). The van der Waals surface area contributed by atoms with Crippen LogP contribution in [0.25, 0.3) is 0 Å². The molecule has 1 aliphatic rings. The zero-order valence-electron chi connectivity index (χ0n) is 14.4. The molecule has 4 heteroatoms. The number of benzene rings is 1. The Bertz CT molecular complexity index is 692. The summed E-state index contributed by atoms with van der Waals surface area (Å²) in [7, 11) is 1.66. The standard InChI is InChI=1S/C20H25NO3/c1-14-13-17(14)19-9-7-16(24-19)8-10-20(22)21-12-11-15-5-3-4-6-18(15)23-2/h3-7,9,14,17H,8,10-13H2,1-2H3,(H,21,22)/t14-,17-/m0/s1. The lowest BCUT2D eigenvalue weighted by atomic mass is 10.1. The highest BCUT2D eigenvalue weighted by atomic mass is 16.5. The molecule has 1 amide bonds. The number of methoxy groups -OCH3 is 1. The van der Waals surface area contributed by atoms with E-state index in [1.807, 2.05) is 30.3 Å². The largest absolute Gasteiger partial charge is 0.496 e. The maximum atomic E-state index is 12.0. The van der Waals surface area contributed by atoms with E-state index in [9.17, 15) is 4.79 Å². The quantitative estimate of drug-likeness (QED) is 0.804. The third kappa shape index (κ3) is 4.19. The zero-order valence-corrected chi connectivity index (χ0v) is 14.4. The molecule has 1 aromatic carbocycles. The second-order valence-corrected chi connectivity index (χ2v) is 6.54. The minimum Gasteiger partial charge on any atom is -0.496 e. The highest BCUT2D eigenvalue weighted by Gasteiger charge is 2.36. The van der Waals surface area contributed by atoms with Crippen molar-refractivity contribution in [2.75, 3.05) is 13.7 Å². The predicted molar refractivity (Wildman–Crippen MR) is 93.3 cm³/mol. The van der Waals surface area contributed by atoms with Crippen molar-refractivity contribution in [1.29, 1.82) is 0 Å². The fraction of sp³-hybridized carbons (Fsp3) is 0.450. The third-order valence-electron chi connectivity index (χ3n) is 4.66. The van der Waals surface area contributed by atoms with Gasteiger partial charge >= 0.3 is 0 Å². The van der Waals surface area contributed by atoms with Crippen molar-refractivity contribution in [2.24, 2.45) is 5.92 Å². The number of hydrogen-bond acceptors (Lipinski definition) is 3. The Balaban J connectivity index is 1.39. The van der Waals surface area contributed by atoms with Gasteiger partial charge in [0.15, 0.2) is 0 Å². The molecule has 1 heterocycles. The predicted octanol–water partition coefficient (Wildman–Crippen LogP) is 3.70. The summed E-state index contributed by atoms with van der Waals surface area (Å²) in [6, 6.07) is 11.9. The van der Waals surface area contributed by atoms with E-state index in [0.29, 0.717) is 25.3 Å². The number of carbonyl (C=O) groups is 1. The average Bonchev–Trinajstić information content (AvgIpc) is 3.14. The summed E-state index contributed by atoms with van der Waals surface area (Å²) in [5.41, 5.74) is 1.11. The molecule has 0 aliphatic heterocycles. The molecule has 0 bridgehead atoms. The molecule has 1 saturated carbocycles. The molecule has 1 N–H and O–H groups in total. The van der Waals surface area contributed by atoms with E-state index >= 15 is 0 Å². The SMILES string of the molecule is COc1ccccc1CCNC(=O)CCc1ccc([C@H]2C[C@@H]2C)o1. The molecule has 2 atom stereocenters. The van der Waals surface area contributed by atoms with Crippen molar-refractivity contribution >= 4 is 5.91 Å². The third-order valence-corrected chi connectivity index (χ3v) is 4.66.